The molecule has 3 aromatic carbocycles. The van der Waals surface area contributed by atoms with E-state index in [9.17, 15) is 0 Å². The predicted octanol–water partition coefficient (Wildman–Crippen LogP) is 6.09. The van der Waals surface area contributed by atoms with E-state index in [-0.39, 0.29) is 0 Å². The van der Waals surface area contributed by atoms with Gasteiger partial charge in [-0.15, -0.1) is 0 Å². The molecule has 2 heteroatoms. The molecule has 0 atom stereocenters. The van der Waals surface area contributed by atoms with Gasteiger partial charge >= 0.3 is 0 Å². The van der Waals surface area contributed by atoms with Crippen molar-refractivity contribution in [3.8, 4) is 11.5 Å². The molecule has 0 aliphatic carbocycles. The summed E-state index contributed by atoms with van der Waals surface area (Å²) in [6.07, 6.45) is 0. The quantitative estimate of drug-likeness (QED) is 0.556. The summed E-state index contributed by atoms with van der Waals surface area (Å²) in [4.78, 5) is 4.07. The normalized spacial score (nSPS) is 16.0. The average molecular weight is 306 g/mol. The maximum atomic E-state index is 6.18. The lowest BCUT2D eigenvalue weighted by atomic mass is 10.3. The molecule has 0 bridgehead atoms. The molecule has 0 unspecified atom stereocenters. The van der Waals surface area contributed by atoms with Crippen LogP contribution in [0.3, 0.4) is 0 Å². The summed E-state index contributed by atoms with van der Waals surface area (Å²) in [5, 5.41) is 0. The minimum absolute atomic E-state index is 1.00. The highest BCUT2D eigenvalue weighted by Crippen LogP contribution is 2.74. The number of ether oxygens (including phenoxy) is 1. The number of hydrogen-bond donors (Lipinski definition) is 0. The molecule has 1 heterocycles. The van der Waals surface area contributed by atoms with Crippen molar-refractivity contribution in [1.29, 1.82) is 0 Å². The van der Waals surface area contributed by atoms with Crippen molar-refractivity contribution in [3.63, 3.8) is 0 Å². The Morgan fingerprint density at radius 3 is 1.73 bits per heavy atom. The van der Waals surface area contributed by atoms with Crippen LogP contribution in [0.2, 0.25) is 0 Å². The van der Waals surface area contributed by atoms with E-state index in [4.69, 9.17) is 4.74 Å². The van der Waals surface area contributed by atoms with Gasteiger partial charge < -0.3 is 4.74 Å². The van der Waals surface area contributed by atoms with E-state index in [0.29, 0.717) is 0 Å². The smallest absolute Gasteiger partial charge is 0.140 e. The van der Waals surface area contributed by atoms with Crippen LogP contribution in [0.15, 0.2) is 93.5 Å². The van der Waals surface area contributed by atoms with E-state index in [1.807, 2.05) is 0 Å². The van der Waals surface area contributed by atoms with Crippen molar-refractivity contribution in [2.45, 2.75) is 21.6 Å². The van der Waals surface area contributed by atoms with Gasteiger partial charge in [-0.05, 0) is 47.0 Å². The minimum atomic E-state index is -1.26. The van der Waals surface area contributed by atoms with Crippen LogP contribution in [-0.4, -0.2) is 5.75 Å². The summed E-state index contributed by atoms with van der Waals surface area (Å²) in [5.74, 6) is 3.08. The van der Waals surface area contributed by atoms with Gasteiger partial charge in [0.2, 0.25) is 0 Å². The second kappa shape index (κ2) is 5.22. The number of para-hydroxylation sites is 2. The third-order valence-corrected chi connectivity index (χ3v) is 8.37. The van der Waals surface area contributed by atoms with Gasteiger partial charge in [-0.1, -0.05) is 49.4 Å². The summed E-state index contributed by atoms with van der Waals surface area (Å²) in [6.45, 7) is 2.29. The molecule has 110 valence electrons. The molecule has 1 aliphatic heterocycles. The topological polar surface area (TPSA) is 9.23 Å². The van der Waals surface area contributed by atoms with Crippen LogP contribution in [0.5, 0.6) is 11.5 Å². The summed E-state index contributed by atoms with van der Waals surface area (Å²) in [7, 11) is -1.26. The number of fused-ring (bicyclic) bond motifs is 2. The van der Waals surface area contributed by atoms with Gasteiger partial charge in [-0.25, -0.2) is 0 Å². The van der Waals surface area contributed by atoms with Crippen molar-refractivity contribution >= 4 is 10.0 Å². The highest BCUT2D eigenvalue weighted by Gasteiger charge is 2.37. The molecule has 1 nitrogen and oxygen atoms in total. The van der Waals surface area contributed by atoms with Crippen molar-refractivity contribution < 1.29 is 4.74 Å². The Morgan fingerprint density at radius 1 is 0.682 bits per heavy atom. The van der Waals surface area contributed by atoms with Crippen molar-refractivity contribution in [3.05, 3.63) is 78.9 Å². The van der Waals surface area contributed by atoms with Gasteiger partial charge in [0.25, 0.3) is 0 Å². The molecule has 0 fully saturated rings. The molecule has 0 saturated carbocycles. The van der Waals surface area contributed by atoms with E-state index in [2.05, 4.69) is 85.8 Å². The first-order valence-corrected chi connectivity index (χ1v) is 9.38. The standard InChI is InChI=1S/C20H18OS/c1-2-22(16-10-4-3-5-11-16)19-14-8-6-12-17(19)21-18-13-7-9-15-20(18)22/h3-15H,2H2,1H3. The van der Waals surface area contributed by atoms with Crippen LogP contribution >= 0.6 is 10.0 Å². The van der Waals surface area contributed by atoms with Crippen LogP contribution in [-0.2, 0) is 0 Å². The largest absolute Gasteiger partial charge is 0.455 e. The fourth-order valence-electron chi connectivity index (χ4n) is 3.27. The van der Waals surface area contributed by atoms with E-state index >= 15 is 0 Å². The summed E-state index contributed by atoms with van der Waals surface area (Å²) < 4.78 is 6.18. The summed E-state index contributed by atoms with van der Waals surface area (Å²) in [6, 6.07) is 27.9. The second-order valence-electron chi connectivity index (χ2n) is 5.34. The molecular formula is C20H18OS. The molecule has 4 rings (SSSR count). The zero-order valence-electron chi connectivity index (χ0n) is 12.5. The van der Waals surface area contributed by atoms with Gasteiger partial charge in [0, 0.05) is 9.79 Å². The molecule has 0 aromatic heterocycles. The van der Waals surface area contributed by atoms with E-state index < -0.39 is 10.0 Å². The fraction of sp³-hybridized carbons (Fsp3) is 0.100. The van der Waals surface area contributed by atoms with Crippen molar-refractivity contribution in [2.24, 2.45) is 0 Å². The van der Waals surface area contributed by atoms with Gasteiger partial charge in [0.15, 0.2) is 0 Å². The number of benzene rings is 3. The van der Waals surface area contributed by atoms with E-state index in [0.717, 1.165) is 17.3 Å². The van der Waals surface area contributed by atoms with Gasteiger partial charge in [-0.3, -0.25) is 0 Å². The lowest BCUT2D eigenvalue weighted by Crippen LogP contribution is -2.12. The molecule has 3 aromatic rings. The maximum Gasteiger partial charge on any atom is 0.140 e. The molecule has 1 aliphatic rings. The van der Waals surface area contributed by atoms with Crippen LogP contribution in [0.1, 0.15) is 6.92 Å². The highest BCUT2D eigenvalue weighted by atomic mass is 32.3. The van der Waals surface area contributed by atoms with Crippen LogP contribution in [0.25, 0.3) is 0 Å². The molecule has 0 saturated heterocycles. The first kappa shape index (κ1) is 13.5. The Morgan fingerprint density at radius 2 is 1.18 bits per heavy atom. The maximum absolute atomic E-state index is 6.18. The molecule has 0 amide bonds. The zero-order valence-corrected chi connectivity index (χ0v) is 13.3. The van der Waals surface area contributed by atoms with Gasteiger partial charge in [0.05, 0.1) is 0 Å². The van der Waals surface area contributed by atoms with Crippen molar-refractivity contribution in [1.82, 2.24) is 0 Å². The number of hydrogen-bond acceptors (Lipinski definition) is 1. The average Bonchev–Trinajstić information content (AvgIpc) is 2.60. The zero-order chi connectivity index (χ0) is 15.0. The Labute approximate surface area is 132 Å². The SMILES string of the molecule is CCS1(c2ccccc2)c2ccccc2Oc2ccccc21. The van der Waals surface area contributed by atoms with E-state index in [1.54, 1.807) is 0 Å². The Hall–Kier alpha value is -2.19. The molecule has 0 radical (unpaired) electrons. The Bertz CT molecular complexity index is 765. The van der Waals surface area contributed by atoms with E-state index in [1.165, 1.54) is 14.7 Å². The Kier molecular flexibility index (Phi) is 3.20. The van der Waals surface area contributed by atoms with Gasteiger partial charge in [-0.2, -0.15) is 10.0 Å². The monoisotopic (exact) mass is 306 g/mol. The number of rotatable bonds is 2. The van der Waals surface area contributed by atoms with Crippen LogP contribution < -0.4 is 4.74 Å². The highest BCUT2D eigenvalue weighted by molar-refractivity contribution is 8.34. The lowest BCUT2D eigenvalue weighted by molar-refractivity contribution is 0.452. The van der Waals surface area contributed by atoms with Gasteiger partial charge in [0.1, 0.15) is 11.5 Å². The second-order valence-corrected chi connectivity index (χ2v) is 8.74. The molecule has 22 heavy (non-hydrogen) atoms. The lowest BCUT2D eigenvalue weighted by Gasteiger charge is -2.44. The summed E-state index contributed by atoms with van der Waals surface area (Å²) in [5.41, 5.74) is 0. The third-order valence-electron chi connectivity index (χ3n) is 4.25. The first-order valence-electron chi connectivity index (χ1n) is 7.58. The fourth-order valence-corrected chi connectivity index (χ4v) is 7.12. The molecule has 0 spiro atoms. The molecule has 0 N–H and O–H groups in total. The Balaban J connectivity index is 2.09. The van der Waals surface area contributed by atoms with Crippen LogP contribution in [0.4, 0.5) is 0 Å². The summed E-state index contributed by atoms with van der Waals surface area (Å²) >= 11 is 0. The van der Waals surface area contributed by atoms with Crippen molar-refractivity contribution in [2.75, 3.05) is 5.75 Å². The first-order chi connectivity index (χ1) is 10.9. The molecular weight excluding hydrogens is 288 g/mol. The third kappa shape index (κ3) is 1.80. The minimum Gasteiger partial charge on any atom is -0.455 e. The predicted molar refractivity (Wildman–Crippen MR) is 92.3 cm³/mol. The van der Waals surface area contributed by atoms with Crippen LogP contribution in [0, 0.1) is 0 Å².